The van der Waals surface area contributed by atoms with Gasteiger partial charge in [-0.15, -0.1) is 0 Å². The van der Waals surface area contributed by atoms with Gasteiger partial charge in [0.1, 0.15) is 11.5 Å². The Bertz CT molecular complexity index is 517. The minimum absolute atomic E-state index is 0.662. The number of nitrogens with one attached hydrogen (secondary N) is 1. The lowest BCUT2D eigenvalue weighted by atomic mass is 10.3. The highest BCUT2D eigenvalue weighted by atomic mass is 35.5. The van der Waals surface area contributed by atoms with Crippen molar-refractivity contribution in [3.8, 4) is 11.5 Å². The Balaban J connectivity index is 2.09. The minimum atomic E-state index is 0.662. The van der Waals surface area contributed by atoms with Crippen LogP contribution in [0.5, 0.6) is 11.5 Å². The molecule has 4 heteroatoms. The maximum absolute atomic E-state index is 5.91. The smallest absolute Gasteiger partial charge is 0.130 e. The quantitative estimate of drug-likeness (QED) is 0.893. The molecule has 1 aromatic heterocycles. The van der Waals surface area contributed by atoms with Crippen molar-refractivity contribution < 1.29 is 4.74 Å². The van der Waals surface area contributed by atoms with E-state index in [2.05, 4.69) is 17.2 Å². The Labute approximate surface area is 112 Å². The fourth-order valence-corrected chi connectivity index (χ4v) is 1.72. The molecule has 94 valence electrons. The minimum Gasteiger partial charge on any atom is -0.457 e. The van der Waals surface area contributed by atoms with E-state index in [1.807, 2.05) is 30.3 Å². The molecule has 1 heterocycles. The van der Waals surface area contributed by atoms with Crippen LogP contribution in [0.4, 0.5) is 0 Å². The van der Waals surface area contributed by atoms with Gasteiger partial charge in [-0.2, -0.15) is 0 Å². The molecule has 0 unspecified atom stereocenters. The van der Waals surface area contributed by atoms with Crippen molar-refractivity contribution in [1.29, 1.82) is 0 Å². The zero-order valence-electron chi connectivity index (χ0n) is 10.2. The van der Waals surface area contributed by atoms with Gasteiger partial charge in [0.15, 0.2) is 0 Å². The van der Waals surface area contributed by atoms with Gasteiger partial charge in [0, 0.05) is 23.8 Å². The van der Waals surface area contributed by atoms with Crippen LogP contribution in [0.15, 0.2) is 42.6 Å². The van der Waals surface area contributed by atoms with E-state index in [1.54, 1.807) is 12.3 Å². The molecule has 0 aliphatic heterocycles. The normalized spacial score (nSPS) is 10.3. The van der Waals surface area contributed by atoms with Gasteiger partial charge in [0.25, 0.3) is 0 Å². The van der Waals surface area contributed by atoms with Crippen LogP contribution in [0.25, 0.3) is 0 Å². The monoisotopic (exact) mass is 262 g/mol. The molecule has 0 spiro atoms. The SMILES string of the molecule is CCNCc1cc(Oc2cccc(Cl)c2)ccn1. The van der Waals surface area contributed by atoms with Crippen LogP contribution in [0.2, 0.25) is 5.02 Å². The number of halogens is 1. The van der Waals surface area contributed by atoms with Crippen LogP contribution >= 0.6 is 11.6 Å². The third-order valence-corrected chi connectivity index (χ3v) is 2.61. The third-order valence-electron chi connectivity index (χ3n) is 2.38. The number of ether oxygens (including phenoxy) is 1. The van der Waals surface area contributed by atoms with Crippen LogP contribution in [0.3, 0.4) is 0 Å². The molecule has 2 rings (SSSR count). The van der Waals surface area contributed by atoms with Crippen LogP contribution in [-0.2, 0) is 6.54 Å². The largest absolute Gasteiger partial charge is 0.457 e. The van der Waals surface area contributed by atoms with Crippen molar-refractivity contribution in [3.05, 3.63) is 53.3 Å². The summed E-state index contributed by atoms with van der Waals surface area (Å²) in [7, 11) is 0. The molecule has 0 radical (unpaired) electrons. The molecule has 18 heavy (non-hydrogen) atoms. The predicted molar refractivity (Wildman–Crippen MR) is 73.1 cm³/mol. The van der Waals surface area contributed by atoms with Gasteiger partial charge >= 0.3 is 0 Å². The van der Waals surface area contributed by atoms with Crippen molar-refractivity contribution in [2.45, 2.75) is 13.5 Å². The molecule has 0 atom stereocenters. The van der Waals surface area contributed by atoms with Crippen LogP contribution < -0.4 is 10.1 Å². The third kappa shape index (κ3) is 3.72. The van der Waals surface area contributed by atoms with Gasteiger partial charge in [-0.3, -0.25) is 4.98 Å². The van der Waals surface area contributed by atoms with Crippen molar-refractivity contribution in [2.24, 2.45) is 0 Å². The number of rotatable bonds is 5. The second-order valence-electron chi connectivity index (χ2n) is 3.82. The van der Waals surface area contributed by atoms with E-state index >= 15 is 0 Å². The van der Waals surface area contributed by atoms with E-state index in [-0.39, 0.29) is 0 Å². The number of aromatic nitrogens is 1. The highest BCUT2D eigenvalue weighted by Gasteiger charge is 2.00. The Morgan fingerprint density at radius 2 is 2.06 bits per heavy atom. The van der Waals surface area contributed by atoms with E-state index in [0.29, 0.717) is 5.02 Å². The molecule has 3 nitrogen and oxygen atoms in total. The summed E-state index contributed by atoms with van der Waals surface area (Å²) in [6.07, 6.45) is 1.74. The molecule has 0 bridgehead atoms. The highest BCUT2D eigenvalue weighted by molar-refractivity contribution is 6.30. The average molecular weight is 263 g/mol. The first-order valence-corrected chi connectivity index (χ1v) is 6.25. The lowest BCUT2D eigenvalue weighted by molar-refractivity contribution is 0.480. The van der Waals surface area contributed by atoms with Gasteiger partial charge in [0.05, 0.1) is 5.69 Å². The second-order valence-corrected chi connectivity index (χ2v) is 4.26. The summed E-state index contributed by atoms with van der Waals surface area (Å²) in [5.74, 6) is 1.49. The summed E-state index contributed by atoms with van der Waals surface area (Å²) in [4.78, 5) is 4.27. The van der Waals surface area contributed by atoms with E-state index in [9.17, 15) is 0 Å². The Morgan fingerprint density at radius 3 is 2.83 bits per heavy atom. The first kappa shape index (κ1) is 12.9. The molecule has 1 aromatic carbocycles. The van der Waals surface area contributed by atoms with E-state index in [0.717, 1.165) is 30.3 Å². The number of hydrogen-bond donors (Lipinski definition) is 1. The fraction of sp³-hybridized carbons (Fsp3) is 0.214. The predicted octanol–water partition coefficient (Wildman–Crippen LogP) is 3.64. The fourth-order valence-electron chi connectivity index (χ4n) is 1.54. The summed E-state index contributed by atoms with van der Waals surface area (Å²) in [5.41, 5.74) is 0.955. The van der Waals surface area contributed by atoms with E-state index < -0.39 is 0 Å². The Hall–Kier alpha value is -1.58. The van der Waals surface area contributed by atoms with Gasteiger partial charge in [-0.25, -0.2) is 0 Å². The molecular formula is C14H15ClN2O. The summed E-state index contributed by atoms with van der Waals surface area (Å²) in [6, 6.07) is 11.1. The van der Waals surface area contributed by atoms with Gasteiger partial charge < -0.3 is 10.1 Å². The zero-order chi connectivity index (χ0) is 12.8. The second kappa shape index (κ2) is 6.38. The lowest BCUT2D eigenvalue weighted by Crippen LogP contribution is -2.12. The Kier molecular flexibility index (Phi) is 4.56. The van der Waals surface area contributed by atoms with Crippen molar-refractivity contribution in [2.75, 3.05) is 6.54 Å². The number of nitrogens with zero attached hydrogens (tertiary/aromatic N) is 1. The standard InChI is InChI=1S/C14H15ClN2O/c1-2-16-10-12-9-14(6-7-17-12)18-13-5-3-4-11(15)8-13/h3-9,16H,2,10H2,1H3. The number of hydrogen-bond acceptors (Lipinski definition) is 3. The van der Waals surface area contributed by atoms with Gasteiger partial charge in [-0.05, 0) is 30.8 Å². The van der Waals surface area contributed by atoms with Crippen molar-refractivity contribution >= 4 is 11.6 Å². The molecule has 0 saturated heterocycles. The molecule has 0 aliphatic carbocycles. The summed E-state index contributed by atoms with van der Waals surface area (Å²) >= 11 is 5.91. The Morgan fingerprint density at radius 1 is 1.22 bits per heavy atom. The zero-order valence-corrected chi connectivity index (χ0v) is 10.9. The van der Waals surface area contributed by atoms with Gasteiger partial charge in [-0.1, -0.05) is 24.6 Å². The topological polar surface area (TPSA) is 34.1 Å². The van der Waals surface area contributed by atoms with Crippen LogP contribution in [-0.4, -0.2) is 11.5 Å². The molecular weight excluding hydrogens is 248 g/mol. The highest BCUT2D eigenvalue weighted by Crippen LogP contribution is 2.24. The molecule has 0 amide bonds. The molecule has 0 fully saturated rings. The van der Waals surface area contributed by atoms with Crippen molar-refractivity contribution in [3.63, 3.8) is 0 Å². The average Bonchev–Trinajstić information content (AvgIpc) is 2.37. The van der Waals surface area contributed by atoms with E-state index in [1.165, 1.54) is 0 Å². The molecule has 0 saturated carbocycles. The number of pyridine rings is 1. The maximum atomic E-state index is 5.91. The lowest BCUT2D eigenvalue weighted by Gasteiger charge is -2.07. The van der Waals surface area contributed by atoms with Crippen LogP contribution in [0, 0.1) is 0 Å². The summed E-state index contributed by atoms with van der Waals surface area (Å²) < 4.78 is 5.73. The first-order chi connectivity index (χ1) is 8.78. The summed E-state index contributed by atoms with van der Waals surface area (Å²) in [5, 5.41) is 3.89. The summed E-state index contributed by atoms with van der Waals surface area (Å²) in [6.45, 7) is 3.72. The maximum Gasteiger partial charge on any atom is 0.130 e. The van der Waals surface area contributed by atoms with Crippen molar-refractivity contribution in [1.82, 2.24) is 10.3 Å². The first-order valence-electron chi connectivity index (χ1n) is 5.87. The number of benzene rings is 1. The van der Waals surface area contributed by atoms with Gasteiger partial charge in [0.2, 0.25) is 0 Å². The van der Waals surface area contributed by atoms with E-state index in [4.69, 9.17) is 16.3 Å². The molecule has 0 aliphatic rings. The van der Waals surface area contributed by atoms with Crippen LogP contribution in [0.1, 0.15) is 12.6 Å². The molecule has 2 aromatic rings. The molecule has 1 N–H and O–H groups in total.